The summed E-state index contributed by atoms with van der Waals surface area (Å²) in [5.41, 5.74) is 14.3. The summed E-state index contributed by atoms with van der Waals surface area (Å²) < 4.78 is 4.85. The molecule has 0 aromatic heterocycles. The molecule has 0 fully saturated rings. The third kappa shape index (κ3) is 2.62. The predicted octanol–water partition coefficient (Wildman–Crippen LogP) is 1.27. The standard InChI is InChI=1S/C11H16N2O2/c1-3-15-10(14)6-8-9(12)5-4-7(2)11(8)13/h4-5H,3,6,12-13H2,1-2H3. The van der Waals surface area contributed by atoms with Crippen LogP contribution in [-0.2, 0) is 16.0 Å². The Hall–Kier alpha value is -1.71. The highest BCUT2D eigenvalue weighted by Crippen LogP contribution is 2.23. The van der Waals surface area contributed by atoms with Crippen molar-refractivity contribution in [2.24, 2.45) is 0 Å². The molecule has 0 atom stereocenters. The lowest BCUT2D eigenvalue weighted by molar-refractivity contribution is -0.142. The van der Waals surface area contributed by atoms with Gasteiger partial charge in [0.25, 0.3) is 0 Å². The first kappa shape index (κ1) is 11.4. The van der Waals surface area contributed by atoms with Crippen LogP contribution in [0.5, 0.6) is 0 Å². The van der Waals surface area contributed by atoms with E-state index in [2.05, 4.69) is 0 Å². The summed E-state index contributed by atoms with van der Waals surface area (Å²) in [7, 11) is 0. The topological polar surface area (TPSA) is 78.3 Å². The van der Waals surface area contributed by atoms with Crippen molar-refractivity contribution in [3.63, 3.8) is 0 Å². The van der Waals surface area contributed by atoms with Crippen LogP contribution in [-0.4, -0.2) is 12.6 Å². The first-order valence-electron chi connectivity index (χ1n) is 4.85. The predicted molar refractivity (Wildman–Crippen MR) is 60.3 cm³/mol. The molecule has 1 aromatic carbocycles. The van der Waals surface area contributed by atoms with Gasteiger partial charge in [-0.15, -0.1) is 0 Å². The van der Waals surface area contributed by atoms with Gasteiger partial charge in [0, 0.05) is 16.9 Å². The number of carbonyl (C=O) groups excluding carboxylic acids is 1. The molecule has 15 heavy (non-hydrogen) atoms. The number of benzene rings is 1. The third-order valence-electron chi connectivity index (χ3n) is 2.24. The summed E-state index contributed by atoms with van der Waals surface area (Å²) in [6.07, 6.45) is 0.132. The van der Waals surface area contributed by atoms with Gasteiger partial charge in [0.05, 0.1) is 13.0 Å². The van der Waals surface area contributed by atoms with Crippen molar-refractivity contribution < 1.29 is 9.53 Å². The average Bonchev–Trinajstić information content (AvgIpc) is 2.19. The van der Waals surface area contributed by atoms with E-state index in [1.807, 2.05) is 13.0 Å². The summed E-state index contributed by atoms with van der Waals surface area (Å²) in [4.78, 5) is 11.3. The number of ether oxygens (including phenoxy) is 1. The van der Waals surface area contributed by atoms with E-state index < -0.39 is 0 Å². The van der Waals surface area contributed by atoms with E-state index in [-0.39, 0.29) is 12.4 Å². The fourth-order valence-corrected chi connectivity index (χ4v) is 1.35. The molecule has 1 aromatic rings. The van der Waals surface area contributed by atoms with Gasteiger partial charge in [0.15, 0.2) is 0 Å². The van der Waals surface area contributed by atoms with Crippen LogP contribution in [0.4, 0.5) is 11.4 Å². The fraction of sp³-hybridized carbons (Fsp3) is 0.364. The maximum Gasteiger partial charge on any atom is 0.310 e. The summed E-state index contributed by atoms with van der Waals surface area (Å²) >= 11 is 0. The van der Waals surface area contributed by atoms with Gasteiger partial charge in [-0.2, -0.15) is 0 Å². The minimum Gasteiger partial charge on any atom is -0.466 e. The zero-order valence-electron chi connectivity index (χ0n) is 9.04. The second kappa shape index (κ2) is 4.68. The number of aryl methyl sites for hydroxylation is 1. The lowest BCUT2D eigenvalue weighted by atomic mass is 10.0. The second-order valence-corrected chi connectivity index (χ2v) is 3.35. The summed E-state index contributed by atoms with van der Waals surface area (Å²) in [6.45, 7) is 4.01. The Bertz CT molecular complexity index is 375. The largest absolute Gasteiger partial charge is 0.466 e. The van der Waals surface area contributed by atoms with Gasteiger partial charge in [-0.1, -0.05) is 6.07 Å². The zero-order valence-corrected chi connectivity index (χ0v) is 9.04. The molecule has 0 heterocycles. The summed E-state index contributed by atoms with van der Waals surface area (Å²) in [5, 5.41) is 0. The molecule has 0 aliphatic carbocycles. The molecule has 0 aliphatic heterocycles. The molecule has 0 amide bonds. The van der Waals surface area contributed by atoms with Crippen LogP contribution in [0, 0.1) is 6.92 Å². The Morgan fingerprint density at radius 3 is 2.67 bits per heavy atom. The van der Waals surface area contributed by atoms with E-state index in [1.54, 1.807) is 13.0 Å². The van der Waals surface area contributed by atoms with Gasteiger partial charge >= 0.3 is 5.97 Å². The van der Waals surface area contributed by atoms with Crippen molar-refractivity contribution in [3.05, 3.63) is 23.3 Å². The number of carbonyl (C=O) groups is 1. The Balaban J connectivity index is 2.93. The van der Waals surface area contributed by atoms with Gasteiger partial charge in [-0.05, 0) is 25.5 Å². The number of nitrogens with two attached hydrogens (primary N) is 2. The summed E-state index contributed by atoms with van der Waals surface area (Å²) in [5.74, 6) is -0.304. The number of anilines is 2. The molecule has 82 valence electrons. The molecule has 4 nitrogen and oxygen atoms in total. The average molecular weight is 208 g/mol. The second-order valence-electron chi connectivity index (χ2n) is 3.35. The highest BCUT2D eigenvalue weighted by atomic mass is 16.5. The van der Waals surface area contributed by atoms with Crippen LogP contribution in [0.3, 0.4) is 0 Å². The van der Waals surface area contributed by atoms with E-state index in [9.17, 15) is 4.79 Å². The Morgan fingerprint density at radius 2 is 2.07 bits per heavy atom. The van der Waals surface area contributed by atoms with Crippen molar-refractivity contribution in [3.8, 4) is 0 Å². The highest BCUT2D eigenvalue weighted by molar-refractivity contribution is 5.79. The molecule has 0 saturated carbocycles. The molecule has 4 heteroatoms. The van der Waals surface area contributed by atoms with Crippen LogP contribution in [0.2, 0.25) is 0 Å². The number of hydrogen-bond acceptors (Lipinski definition) is 4. The minimum atomic E-state index is -0.304. The van der Waals surface area contributed by atoms with Crippen LogP contribution < -0.4 is 11.5 Å². The molecule has 0 bridgehead atoms. The Labute approximate surface area is 89.2 Å². The van der Waals surface area contributed by atoms with Gasteiger partial charge in [-0.25, -0.2) is 0 Å². The Kier molecular flexibility index (Phi) is 3.55. The number of esters is 1. The van der Waals surface area contributed by atoms with Crippen molar-refractivity contribution in [1.82, 2.24) is 0 Å². The Morgan fingerprint density at radius 1 is 1.40 bits per heavy atom. The zero-order chi connectivity index (χ0) is 11.4. The molecular formula is C11H16N2O2. The van der Waals surface area contributed by atoms with Gasteiger partial charge in [-0.3, -0.25) is 4.79 Å². The molecule has 0 saturated heterocycles. The highest BCUT2D eigenvalue weighted by Gasteiger charge is 2.11. The van der Waals surface area contributed by atoms with Crippen molar-refractivity contribution >= 4 is 17.3 Å². The minimum absolute atomic E-state index is 0.132. The molecule has 1 rings (SSSR count). The lowest BCUT2D eigenvalue weighted by Gasteiger charge is -2.10. The van der Waals surface area contributed by atoms with Gasteiger partial charge in [0.2, 0.25) is 0 Å². The normalized spacial score (nSPS) is 10.0. The monoisotopic (exact) mass is 208 g/mol. The van der Waals surface area contributed by atoms with Gasteiger partial charge < -0.3 is 16.2 Å². The molecule has 4 N–H and O–H groups in total. The van der Waals surface area contributed by atoms with Gasteiger partial charge in [0.1, 0.15) is 0 Å². The van der Waals surface area contributed by atoms with Crippen LogP contribution >= 0.6 is 0 Å². The van der Waals surface area contributed by atoms with Crippen LogP contribution in [0.1, 0.15) is 18.1 Å². The summed E-state index contributed by atoms with van der Waals surface area (Å²) in [6, 6.07) is 3.58. The molecule has 0 spiro atoms. The lowest BCUT2D eigenvalue weighted by Crippen LogP contribution is -2.11. The first-order chi connectivity index (χ1) is 7.06. The van der Waals surface area contributed by atoms with E-state index >= 15 is 0 Å². The maximum absolute atomic E-state index is 11.3. The van der Waals surface area contributed by atoms with Crippen LogP contribution in [0.25, 0.3) is 0 Å². The third-order valence-corrected chi connectivity index (χ3v) is 2.24. The number of nitrogen functional groups attached to an aromatic ring is 2. The molecular weight excluding hydrogens is 192 g/mol. The van der Waals surface area contributed by atoms with Crippen molar-refractivity contribution in [1.29, 1.82) is 0 Å². The smallest absolute Gasteiger partial charge is 0.310 e. The number of hydrogen-bond donors (Lipinski definition) is 2. The number of rotatable bonds is 3. The van der Waals surface area contributed by atoms with Crippen molar-refractivity contribution in [2.75, 3.05) is 18.1 Å². The van der Waals surface area contributed by atoms with E-state index in [1.165, 1.54) is 0 Å². The fourth-order valence-electron chi connectivity index (χ4n) is 1.35. The van der Waals surface area contributed by atoms with E-state index in [0.717, 1.165) is 5.56 Å². The molecule has 0 unspecified atom stereocenters. The van der Waals surface area contributed by atoms with E-state index in [4.69, 9.17) is 16.2 Å². The SMILES string of the molecule is CCOC(=O)Cc1c(N)ccc(C)c1N. The van der Waals surface area contributed by atoms with Crippen molar-refractivity contribution in [2.45, 2.75) is 20.3 Å². The molecule has 0 radical (unpaired) electrons. The first-order valence-corrected chi connectivity index (χ1v) is 4.85. The quantitative estimate of drug-likeness (QED) is 0.579. The maximum atomic E-state index is 11.3. The van der Waals surface area contributed by atoms with Crippen LogP contribution in [0.15, 0.2) is 12.1 Å². The molecule has 0 aliphatic rings. The van der Waals surface area contributed by atoms with E-state index in [0.29, 0.717) is 23.5 Å².